The molecule has 0 aliphatic carbocycles. The quantitative estimate of drug-likeness (QED) is 0.909. The first-order chi connectivity index (χ1) is 8.31. The Hall–Kier alpha value is -0.420. The Balaban J connectivity index is 1.94. The van der Waals surface area contributed by atoms with Gasteiger partial charge in [-0.2, -0.15) is 0 Å². The predicted octanol–water partition coefficient (Wildman–Crippen LogP) is 2.64. The molecule has 2 unspecified atom stereocenters. The van der Waals surface area contributed by atoms with Crippen molar-refractivity contribution in [2.75, 3.05) is 19.8 Å². The van der Waals surface area contributed by atoms with Gasteiger partial charge < -0.3 is 15.2 Å². The highest BCUT2D eigenvalue weighted by Crippen LogP contribution is 2.26. The molecule has 17 heavy (non-hydrogen) atoms. The summed E-state index contributed by atoms with van der Waals surface area (Å²) in [5, 5.41) is 0. The van der Waals surface area contributed by atoms with Crippen LogP contribution in [0.15, 0.2) is 28.7 Å². The smallest absolute Gasteiger partial charge is 0.0959 e. The van der Waals surface area contributed by atoms with Crippen LogP contribution in [0.3, 0.4) is 0 Å². The monoisotopic (exact) mass is 299 g/mol. The van der Waals surface area contributed by atoms with Gasteiger partial charge in [0.2, 0.25) is 0 Å². The average molecular weight is 300 g/mol. The second-order valence-corrected chi connectivity index (χ2v) is 5.07. The molecule has 1 aromatic rings. The highest BCUT2D eigenvalue weighted by molar-refractivity contribution is 9.10. The third-order valence-corrected chi connectivity index (χ3v) is 3.70. The molecule has 4 heteroatoms. The number of hydrogen-bond donors (Lipinski definition) is 1. The SMILES string of the molecule is NCC(OCC1CCCO1)c1ccccc1Br. The van der Waals surface area contributed by atoms with E-state index in [0.29, 0.717) is 13.2 Å². The van der Waals surface area contributed by atoms with E-state index in [4.69, 9.17) is 15.2 Å². The zero-order valence-electron chi connectivity index (χ0n) is 9.77. The molecule has 94 valence electrons. The first-order valence-electron chi connectivity index (χ1n) is 5.99. The summed E-state index contributed by atoms with van der Waals surface area (Å²) < 4.78 is 12.4. The number of ether oxygens (including phenoxy) is 2. The summed E-state index contributed by atoms with van der Waals surface area (Å²) in [7, 11) is 0. The fourth-order valence-electron chi connectivity index (χ4n) is 2.02. The van der Waals surface area contributed by atoms with E-state index in [1.165, 1.54) is 0 Å². The number of nitrogens with two attached hydrogens (primary N) is 1. The van der Waals surface area contributed by atoms with Gasteiger partial charge in [-0.05, 0) is 24.5 Å². The van der Waals surface area contributed by atoms with Crippen LogP contribution >= 0.6 is 15.9 Å². The van der Waals surface area contributed by atoms with Gasteiger partial charge >= 0.3 is 0 Å². The molecule has 0 saturated carbocycles. The van der Waals surface area contributed by atoms with E-state index in [0.717, 1.165) is 29.5 Å². The summed E-state index contributed by atoms with van der Waals surface area (Å²) in [5.41, 5.74) is 6.88. The van der Waals surface area contributed by atoms with E-state index >= 15 is 0 Å². The second-order valence-electron chi connectivity index (χ2n) is 4.21. The third-order valence-electron chi connectivity index (χ3n) is 2.97. The first kappa shape index (κ1) is 13.0. The van der Waals surface area contributed by atoms with Gasteiger partial charge in [0.1, 0.15) is 0 Å². The standard InChI is InChI=1S/C13H18BrNO2/c14-12-6-2-1-5-11(12)13(8-15)17-9-10-4-3-7-16-10/h1-2,5-6,10,13H,3-4,7-9,15H2. The highest BCUT2D eigenvalue weighted by atomic mass is 79.9. The van der Waals surface area contributed by atoms with Crippen molar-refractivity contribution >= 4 is 15.9 Å². The molecule has 1 aliphatic heterocycles. The van der Waals surface area contributed by atoms with Gasteiger partial charge in [-0.15, -0.1) is 0 Å². The molecular weight excluding hydrogens is 282 g/mol. The van der Waals surface area contributed by atoms with Gasteiger partial charge in [-0.25, -0.2) is 0 Å². The van der Waals surface area contributed by atoms with Crippen molar-refractivity contribution in [1.29, 1.82) is 0 Å². The van der Waals surface area contributed by atoms with Gasteiger partial charge in [0.15, 0.2) is 0 Å². The normalized spacial score (nSPS) is 21.6. The Morgan fingerprint density at radius 3 is 2.94 bits per heavy atom. The number of benzene rings is 1. The summed E-state index contributed by atoms with van der Waals surface area (Å²) >= 11 is 3.52. The lowest BCUT2D eigenvalue weighted by atomic mass is 10.1. The Morgan fingerprint density at radius 2 is 2.29 bits per heavy atom. The van der Waals surface area contributed by atoms with Crippen LogP contribution in [0, 0.1) is 0 Å². The van der Waals surface area contributed by atoms with Crippen LogP contribution in [0.5, 0.6) is 0 Å². The zero-order valence-corrected chi connectivity index (χ0v) is 11.4. The number of halogens is 1. The first-order valence-corrected chi connectivity index (χ1v) is 6.78. The highest BCUT2D eigenvalue weighted by Gasteiger charge is 2.19. The maximum Gasteiger partial charge on any atom is 0.0959 e. The van der Waals surface area contributed by atoms with Crippen molar-refractivity contribution in [1.82, 2.24) is 0 Å². The van der Waals surface area contributed by atoms with Gasteiger partial charge in [-0.1, -0.05) is 34.1 Å². The van der Waals surface area contributed by atoms with Crippen LogP contribution in [-0.2, 0) is 9.47 Å². The lowest BCUT2D eigenvalue weighted by Gasteiger charge is -2.20. The molecule has 2 N–H and O–H groups in total. The summed E-state index contributed by atoms with van der Waals surface area (Å²) in [6, 6.07) is 8.03. The van der Waals surface area contributed by atoms with E-state index < -0.39 is 0 Å². The van der Waals surface area contributed by atoms with E-state index in [-0.39, 0.29) is 12.2 Å². The number of hydrogen-bond acceptors (Lipinski definition) is 3. The molecule has 1 saturated heterocycles. The summed E-state index contributed by atoms with van der Waals surface area (Å²) in [6.45, 7) is 1.97. The van der Waals surface area contributed by atoms with E-state index in [9.17, 15) is 0 Å². The molecule has 1 heterocycles. The minimum atomic E-state index is -0.0604. The van der Waals surface area contributed by atoms with Crippen LogP contribution in [0.4, 0.5) is 0 Å². The van der Waals surface area contributed by atoms with E-state index in [2.05, 4.69) is 15.9 Å². The Bertz CT molecular complexity index is 353. The molecule has 1 aromatic carbocycles. The van der Waals surface area contributed by atoms with Crippen molar-refractivity contribution in [3.05, 3.63) is 34.3 Å². The van der Waals surface area contributed by atoms with Crippen molar-refractivity contribution in [2.24, 2.45) is 5.73 Å². The van der Waals surface area contributed by atoms with Gasteiger partial charge in [0.05, 0.1) is 18.8 Å². The predicted molar refractivity (Wildman–Crippen MR) is 70.9 cm³/mol. The average Bonchev–Trinajstić information content (AvgIpc) is 2.85. The molecule has 0 radical (unpaired) electrons. The largest absolute Gasteiger partial charge is 0.376 e. The third kappa shape index (κ3) is 3.52. The van der Waals surface area contributed by atoms with E-state index in [1.54, 1.807) is 0 Å². The van der Waals surface area contributed by atoms with Crippen LogP contribution < -0.4 is 5.73 Å². The molecule has 1 fully saturated rings. The second kappa shape index (κ2) is 6.50. The molecule has 0 aromatic heterocycles. The maximum absolute atomic E-state index is 5.86. The lowest BCUT2D eigenvalue weighted by molar-refractivity contribution is -0.0184. The van der Waals surface area contributed by atoms with Gasteiger partial charge in [0, 0.05) is 17.6 Å². The summed E-state index contributed by atoms with van der Waals surface area (Å²) in [6.07, 6.45) is 2.41. The molecule has 0 spiro atoms. The molecule has 1 aliphatic rings. The van der Waals surface area contributed by atoms with Crippen molar-refractivity contribution in [2.45, 2.75) is 25.0 Å². The van der Waals surface area contributed by atoms with E-state index in [1.807, 2.05) is 24.3 Å². The fourth-order valence-corrected chi connectivity index (χ4v) is 2.56. The molecule has 2 rings (SSSR count). The molecular formula is C13H18BrNO2. The van der Waals surface area contributed by atoms with Gasteiger partial charge in [0.25, 0.3) is 0 Å². The zero-order chi connectivity index (χ0) is 12.1. The fraction of sp³-hybridized carbons (Fsp3) is 0.538. The Kier molecular flexibility index (Phi) is 4.98. The van der Waals surface area contributed by atoms with Crippen molar-refractivity contribution in [3.63, 3.8) is 0 Å². The summed E-state index contributed by atoms with van der Waals surface area (Å²) in [5.74, 6) is 0. The molecule has 0 amide bonds. The minimum Gasteiger partial charge on any atom is -0.376 e. The van der Waals surface area contributed by atoms with Crippen LogP contribution in [0.1, 0.15) is 24.5 Å². The number of rotatable bonds is 5. The summed E-state index contributed by atoms with van der Waals surface area (Å²) in [4.78, 5) is 0. The molecule has 2 atom stereocenters. The lowest BCUT2D eigenvalue weighted by Crippen LogP contribution is -2.22. The van der Waals surface area contributed by atoms with Crippen LogP contribution in [0.2, 0.25) is 0 Å². The van der Waals surface area contributed by atoms with Gasteiger partial charge in [-0.3, -0.25) is 0 Å². The minimum absolute atomic E-state index is 0.0604. The maximum atomic E-state index is 5.86. The Morgan fingerprint density at radius 1 is 1.47 bits per heavy atom. The Labute approximate surface area is 110 Å². The molecule has 3 nitrogen and oxygen atoms in total. The molecule has 0 bridgehead atoms. The van der Waals surface area contributed by atoms with Crippen molar-refractivity contribution in [3.8, 4) is 0 Å². The van der Waals surface area contributed by atoms with Crippen molar-refractivity contribution < 1.29 is 9.47 Å². The topological polar surface area (TPSA) is 44.5 Å². The van der Waals surface area contributed by atoms with Crippen LogP contribution in [0.25, 0.3) is 0 Å². The van der Waals surface area contributed by atoms with Crippen LogP contribution in [-0.4, -0.2) is 25.9 Å².